The zero-order valence-electron chi connectivity index (χ0n) is 12.0. The van der Waals surface area contributed by atoms with Crippen LogP contribution in [0, 0.1) is 0 Å². The highest BCUT2D eigenvalue weighted by Gasteiger charge is 2.29. The van der Waals surface area contributed by atoms with Gasteiger partial charge >= 0.3 is 0 Å². The van der Waals surface area contributed by atoms with E-state index in [-0.39, 0.29) is 29.4 Å². The van der Waals surface area contributed by atoms with Crippen molar-refractivity contribution in [2.75, 3.05) is 18.1 Å². The number of nitrogens with one attached hydrogen (secondary N) is 2. The molecular formula is C15H18N2O4S. The van der Waals surface area contributed by atoms with Crippen LogP contribution >= 0.6 is 0 Å². The molecule has 0 aliphatic carbocycles. The number of carbonyl (C=O) groups excluding carboxylic acids is 2. The predicted octanol–water partition coefficient (Wildman–Crippen LogP) is 0.519. The van der Waals surface area contributed by atoms with Gasteiger partial charge in [0.25, 0.3) is 11.8 Å². The van der Waals surface area contributed by atoms with Crippen molar-refractivity contribution in [1.82, 2.24) is 10.6 Å². The smallest absolute Gasteiger partial charge is 0.251 e. The van der Waals surface area contributed by atoms with Gasteiger partial charge in [-0.25, -0.2) is 8.42 Å². The molecular weight excluding hydrogens is 304 g/mol. The standard InChI is InChI=1S/C15H18N2O4S/c1-2-7-16-14(18)11-4-3-5-12(9-11)15(19)17-13-6-8-22(20,21)10-13/h2-5,9,13H,1,6-8,10H2,(H,16,18)(H,17,19). The molecule has 6 nitrogen and oxygen atoms in total. The maximum absolute atomic E-state index is 12.1. The summed E-state index contributed by atoms with van der Waals surface area (Å²) in [6.07, 6.45) is 1.99. The summed E-state index contributed by atoms with van der Waals surface area (Å²) < 4.78 is 22.8. The van der Waals surface area contributed by atoms with Crippen LogP contribution in [0.4, 0.5) is 0 Å². The SMILES string of the molecule is C=CCNC(=O)c1cccc(C(=O)NC2CCS(=O)(=O)C2)c1. The van der Waals surface area contributed by atoms with Crippen LogP contribution in [-0.4, -0.2) is 44.3 Å². The normalized spacial score (nSPS) is 19.4. The lowest BCUT2D eigenvalue weighted by molar-refractivity contribution is 0.0941. The Morgan fingerprint density at radius 2 is 1.95 bits per heavy atom. The van der Waals surface area contributed by atoms with Crippen molar-refractivity contribution in [2.45, 2.75) is 12.5 Å². The molecule has 2 rings (SSSR count). The first-order chi connectivity index (χ1) is 10.4. The first-order valence-electron chi connectivity index (χ1n) is 6.92. The van der Waals surface area contributed by atoms with Crippen molar-refractivity contribution >= 4 is 21.7 Å². The summed E-state index contributed by atoms with van der Waals surface area (Å²) in [5.41, 5.74) is 0.698. The monoisotopic (exact) mass is 322 g/mol. The van der Waals surface area contributed by atoms with Gasteiger partial charge in [0.15, 0.2) is 9.84 Å². The van der Waals surface area contributed by atoms with Gasteiger partial charge < -0.3 is 10.6 Å². The lowest BCUT2D eigenvalue weighted by Crippen LogP contribution is -2.35. The molecule has 1 aliphatic heterocycles. The summed E-state index contributed by atoms with van der Waals surface area (Å²) in [7, 11) is -3.04. The molecule has 0 radical (unpaired) electrons. The third-order valence-corrected chi connectivity index (χ3v) is 5.13. The molecule has 1 fully saturated rings. The third kappa shape index (κ3) is 4.17. The van der Waals surface area contributed by atoms with E-state index in [4.69, 9.17) is 0 Å². The number of hydrogen-bond donors (Lipinski definition) is 2. The highest BCUT2D eigenvalue weighted by molar-refractivity contribution is 7.91. The van der Waals surface area contributed by atoms with E-state index >= 15 is 0 Å². The molecule has 1 unspecified atom stereocenters. The van der Waals surface area contributed by atoms with E-state index in [1.54, 1.807) is 24.3 Å². The van der Waals surface area contributed by atoms with E-state index < -0.39 is 9.84 Å². The van der Waals surface area contributed by atoms with Crippen LogP contribution in [0.1, 0.15) is 27.1 Å². The Morgan fingerprint density at radius 3 is 2.55 bits per heavy atom. The van der Waals surface area contributed by atoms with E-state index in [9.17, 15) is 18.0 Å². The van der Waals surface area contributed by atoms with E-state index in [1.807, 2.05) is 0 Å². The molecule has 1 heterocycles. The summed E-state index contributed by atoms with van der Waals surface area (Å²) in [6.45, 7) is 3.86. The van der Waals surface area contributed by atoms with Crippen LogP contribution < -0.4 is 10.6 Å². The number of rotatable bonds is 5. The Kier molecular flexibility index (Phi) is 4.97. The number of amides is 2. The average Bonchev–Trinajstić information content (AvgIpc) is 2.83. The van der Waals surface area contributed by atoms with Gasteiger partial charge in [-0.2, -0.15) is 0 Å². The van der Waals surface area contributed by atoms with E-state index in [2.05, 4.69) is 17.2 Å². The molecule has 0 spiro atoms. The minimum Gasteiger partial charge on any atom is -0.349 e. The molecule has 118 valence electrons. The number of hydrogen-bond acceptors (Lipinski definition) is 4. The Balaban J connectivity index is 2.04. The average molecular weight is 322 g/mol. The van der Waals surface area contributed by atoms with Gasteiger partial charge in [-0.05, 0) is 24.6 Å². The lowest BCUT2D eigenvalue weighted by atomic mass is 10.1. The zero-order valence-corrected chi connectivity index (χ0v) is 12.9. The summed E-state index contributed by atoms with van der Waals surface area (Å²) >= 11 is 0. The molecule has 1 aromatic rings. The van der Waals surface area contributed by atoms with Crippen LogP contribution in [0.15, 0.2) is 36.9 Å². The van der Waals surface area contributed by atoms with Crippen LogP contribution in [0.2, 0.25) is 0 Å². The number of sulfone groups is 1. The van der Waals surface area contributed by atoms with Crippen molar-refractivity contribution in [3.8, 4) is 0 Å². The maximum Gasteiger partial charge on any atom is 0.251 e. The van der Waals surface area contributed by atoms with Gasteiger partial charge in [-0.1, -0.05) is 12.1 Å². The van der Waals surface area contributed by atoms with Crippen LogP contribution in [-0.2, 0) is 9.84 Å². The first-order valence-corrected chi connectivity index (χ1v) is 8.74. The second-order valence-corrected chi connectivity index (χ2v) is 7.38. The van der Waals surface area contributed by atoms with Crippen LogP contribution in [0.25, 0.3) is 0 Å². The Bertz CT molecular complexity index is 697. The van der Waals surface area contributed by atoms with Crippen molar-refractivity contribution in [3.05, 3.63) is 48.0 Å². The molecule has 1 aromatic carbocycles. The summed E-state index contributed by atoms with van der Waals surface area (Å²) in [6, 6.07) is 5.93. The van der Waals surface area contributed by atoms with Crippen molar-refractivity contribution < 1.29 is 18.0 Å². The summed E-state index contributed by atoms with van der Waals surface area (Å²) in [5, 5.41) is 5.32. The van der Waals surface area contributed by atoms with Crippen LogP contribution in [0.5, 0.6) is 0 Å². The first kappa shape index (κ1) is 16.2. The predicted molar refractivity (Wildman–Crippen MR) is 83.5 cm³/mol. The highest BCUT2D eigenvalue weighted by Crippen LogP contribution is 2.13. The minimum absolute atomic E-state index is 0.0295. The second-order valence-electron chi connectivity index (χ2n) is 5.15. The Labute approximate surface area is 129 Å². The Hall–Kier alpha value is -2.15. The topological polar surface area (TPSA) is 92.3 Å². The van der Waals surface area contributed by atoms with Crippen LogP contribution in [0.3, 0.4) is 0 Å². The number of benzene rings is 1. The van der Waals surface area contributed by atoms with Crippen molar-refractivity contribution in [3.63, 3.8) is 0 Å². The fourth-order valence-corrected chi connectivity index (χ4v) is 3.92. The third-order valence-electron chi connectivity index (χ3n) is 3.36. The van der Waals surface area contributed by atoms with E-state index in [0.29, 0.717) is 24.1 Å². The van der Waals surface area contributed by atoms with Gasteiger partial charge in [0.1, 0.15) is 0 Å². The van der Waals surface area contributed by atoms with Crippen molar-refractivity contribution in [1.29, 1.82) is 0 Å². The molecule has 1 aliphatic rings. The van der Waals surface area contributed by atoms with Gasteiger partial charge in [-0.15, -0.1) is 6.58 Å². The molecule has 0 aromatic heterocycles. The fraction of sp³-hybridized carbons (Fsp3) is 0.333. The van der Waals surface area contributed by atoms with Gasteiger partial charge in [0.2, 0.25) is 0 Å². The molecule has 1 atom stereocenters. The zero-order chi connectivity index (χ0) is 16.2. The molecule has 2 N–H and O–H groups in total. The fourth-order valence-electron chi connectivity index (χ4n) is 2.25. The maximum atomic E-state index is 12.1. The largest absolute Gasteiger partial charge is 0.349 e. The minimum atomic E-state index is -3.04. The number of carbonyl (C=O) groups is 2. The molecule has 22 heavy (non-hydrogen) atoms. The van der Waals surface area contributed by atoms with E-state index in [0.717, 1.165) is 0 Å². The second kappa shape index (κ2) is 6.74. The van der Waals surface area contributed by atoms with E-state index in [1.165, 1.54) is 6.07 Å². The summed E-state index contributed by atoms with van der Waals surface area (Å²) in [4.78, 5) is 24.0. The molecule has 0 bridgehead atoms. The molecule has 0 saturated carbocycles. The molecule has 1 saturated heterocycles. The Morgan fingerprint density at radius 1 is 1.27 bits per heavy atom. The van der Waals surface area contributed by atoms with Gasteiger partial charge in [-0.3, -0.25) is 9.59 Å². The molecule has 2 amide bonds. The lowest BCUT2D eigenvalue weighted by Gasteiger charge is -2.11. The molecule has 7 heteroatoms. The van der Waals surface area contributed by atoms with Crippen molar-refractivity contribution in [2.24, 2.45) is 0 Å². The van der Waals surface area contributed by atoms with Gasteiger partial charge in [0.05, 0.1) is 11.5 Å². The highest BCUT2D eigenvalue weighted by atomic mass is 32.2. The van der Waals surface area contributed by atoms with Gasteiger partial charge in [0, 0.05) is 23.7 Å². The summed E-state index contributed by atoms with van der Waals surface area (Å²) in [5.74, 6) is -0.598. The quantitative estimate of drug-likeness (QED) is 0.773.